The summed E-state index contributed by atoms with van der Waals surface area (Å²) in [5.74, 6) is -4.15. The van der Waals surface area contributed by atoms with Crippen molar-refractivity contribution in [3.63, 3.8) is 0 Å². The van der Waals surface area contributed by atoms with Gasteiger partial charge in [-0.05, 0) is 12.5 Å². The van der Waals surface area contributed by atoms with Gasteiger partial charge in [-0.25, -0.2) is 0 Å². The number of hydrogen-bond donors (Lipinski definition) is 2. The van der Waals surface area contributed by atoms with Crippen molar-refractivity contribution >= 4 is 5.97 Å². The smallest absolute Gasteiger partial charge is 0.314 e. The summed E-state index contributed by atoms with van der Waals surface area (Å²) in [5, 5.41) is 22.0. The third-order valence-electron chi connectivity index (χ3n) is 5.54. The number of aliphatic hydroxyl groups is 2. The molecular weight excluding hydrogens is 364 g/mol. The zero-order valence-electron chi connectivity index (χ0n) is 17.2. The molecule has 0 bridgehead atoms. The Morgan fingerprint density at radius 3 is 2.46 bits per heavy atom. The Kier molecular flexibility index (Phi) is 7.97. The maximum absolute atomic E-state index is 12.6. The van der Waals surface area contributed by atoms with E-state index in [0.29, 0.717) is 6.61 Å². The van der Waals surface area contributed by atoms with Gasteiger partial charge in [0.2, 0.25) is 5.79 Å². The molecule has 0 aromatic heterocycles. The van der Waals surface area contributed by atoms with E-state index < -0.39 is 36.0 Å². The van der Waals surface area contributed by atoms with Crippen LogP contribution in [-0.2, 0) is 30.3 Å². The first-order chi connectivity index (χ1) is 13.3. The molecular formula is C21H32O7. The molecule has 1 aromatic rings. The van der Waals surface area contributed by atoms with Gasteiger partial charge in [-0.2, -0.15) is 0 Å². The monoisotopic (exact) mass is 396 g/mol. The predicted molar refractivity (Wildman–Crippen MR) is 102 cm³/mol. The molecule has 1 saturated heterocycles. The van der Waals surface area contributed by atoms with E-state index in [0.717, 1.165) is 5.56 Å². The van der Waals surface area contributed by atoms with E-state index in [1.54, 1.807) is 7.11 Å². The number of esters is 1. The van der Waals surface area contributed by atoms with Crippen LogP contribution < -0.4 is 0 Å². The van der Waals surface area contributed by atoms with Gasteiger partial charge in [0.1, 0.15) is 18.6 Å². The summed E-state index contributed by atoms with van der Waals surface area (Å²) in [5.41, 5.74) is 0.836. The van der Waals surface area contributed by atoms with Crippen LogP contribution in [0.25, 0.3) is 0 Å². The highest BCUT2D eigenvalue weighted by molar-refractivity contribution is 5.73. The number of rotatable bonds is 8. The van der Waals surface area contributed by atoms with Gasteiger partial charge in [0.15, 0.2) is 0 Å². The molecule has 2 rings (SSSR count). The first-order valence-corrected chi connectivity index (χ1v) is 9.56. The van der Waals surface area contributed by atoms with Gasteiger partial charge in [0.05, 0.1) is 18.8 Å². The Morgan fingerprint density at radius 1 is 1.25 bits per heavy atom. The highest BCUT2D eigenvalue weighted by Crippen LogP contribution is 2.40. The number of methoxy groups -OCH3 is 2. The summed E-state index contributed by atoms with van der Waals surface area (Å²) in [6.07, 6.45) is -2.62. The largest absolute Gasteiger partial charge is 0.460 e. The highest BCUT2D eigenvalue weighted by Gasteiger charge is 2.58. The minimum Gasteiger partial charge on any atom is -0.460 e. The van der Waals surface area contributed by atoms with Gasteiger partial charge in [-0.15, -0.1) is 0 Å². The van der Waals surface area contributed by atoms with Crippen LogP contribution >= 0.6 is 0 Å². The van der Waals surface area contributed by atoms with Crippen molar-refractivity contribution in [2.45, 2.75) is 51.5 Å². The Hall–Kier alpha value is -1.51. The molecule has 7 nitrogen and oxygen atoms in total. The van der Waals surface area contributed by atoms with E-state index in [4.69, 9.17) is 18.9 Å². The Balaban J connectivity index is 2.18. The third kappa shape index (κ3) is 4.72. The average molecular weight is 396 g/mol. The van der Waals surface area contributed by atoms with Crippen molar-refractivity contribution in [2.24, 2.45) is 17.8 Å². The second-order valence-electron chi connectivity index (χ2n) is 7.59. The lowest BCUT2D eigenvalue weighted by Crippen LogP contribution is -2.67. The minimum absolute atomic E-state index is 0.0835. The topological polar surface area (TPSA) is 94.5 Å². The minimum atomic E-state index is -2.03. The molecule has 0 saturated carbocycles. The molecule has 0 aliphatic carbocycles. The maximum atomic E-state index is 12.6. The van der Waals surface area contributed by atoms with Crippen molar-refractivity contribution in [3.8, 4) is 0 Å². The molecule has 7 atom stereocenters. The lowest BCUT2D eigenvalue weighted by molar-refractivity contribution is -0.362. The van der Waals surface area contributed by atoms with Crippen molar-refractivity contribution in [2.75, 3.05) is 20.8 Å². The Morgan fingerprint density at radius 2 is 1.89 bits per heavy atom. The summed E-state index contributed by atoms with van der Waals surface area (Å²) in [6.45, 7) is 5.72. The zero-order valence-corrected chi connectivity index (χ0v) is 17.2. The fraction of sp³-hybridized carbons (Fsp3) is 0.667. The van der Waals surface area contributed by atoms with Crippen LogP contribution in [0.15, 0.2) is 30.3 Å². The molecule has 158 valence electrons. The Bertz CT molecular complexity index is 622. The van der Waals surface area contributed by atoms with Crippen molar-refractivity contribution < 1.29 is 34.0 Å². The number of carbonyl (C=O) groups is 1. The van der Waals surface area contributed by atoms with Crippen LogP contribution in [-0.4, -0.2) is 61.1 Å². The van der Waals surface area contributed by atoms with Gasteiger partial charge in [0.25, 0.3) is 0 Å². The summed E-state index contributed by atoms with van der Waals surface area (Å²) in [6, 6.07) is 9.26. The second kappa shape index (κ2) is 9.80. The molecule has 0 amide bonds. The van der Waals surface area contributed by atoms with Crippen molar-refractivity contribution in [3.05, 3.63) is 35.9 Å². The molecule has 7 heteroatoms. The van der Waals surface area contributed by atoms with Crippen LogP contribution in [0.3, 0.4) is 0 Å². The number of hydrogen-bond acceptors (Lipinski definition) is 7. The summed E-state index contributed by atoms with van der Waals surface area (Å²) in [7, 11) is 2.95. The quantitative estimate of drug-likeness (QED) is 0.647. The SMILES string of the molecule is COC[C@H](C)[C@@H]1O[C@](O)([C@H](C)C(=O)OCc2ccccc2)[C@H](OC)[C@@H](O)[C@@H]1C. The molecule has 2 N–H and O–H groups in total. The van der Waals surface area contributed by atoms with Gasteiger partial charge in [-0.1, -0.05) is 44.2 Å². The molecule has 1 fully saturated rings. The molecule has 1 heterocycles. The number of ether oxygens (including phenoxy) is 4. The van der Waals surface area contributed by atoms with E-state index >= 15 is 0 Å². The molecule has 0 spiro atoms. The van der Waals surface area contributed by atoms with E-state index in [1.807, 2.05) is 44.2 Å². The lowest BCUT2D eigenvalue weighted by Gasteiger charge is -2.51. The lowest BCUT2D eigenvalue weighted by atomic mass is 9.78. The normalized spacial score (nSPS) is 32.5. The number of benzene rings is 1. The summed E-state index contributed by atoms with van der Waals surface area (Å²) in [4.78, 5) is 12.6. The molecule has 1 aliphatic heterocycles. The third-order valence-corrected chi connectivity index (χ3v) is 5.54. The van der Waals surface area contributed by atoms with E-state index in [-0.39, 0.29) is 18.4 Å². The first-order valence-electron chi connectivity index (χ1n) is 9.56. The second-order valence-corrected chi connectivity index (χ2v) is 7.59. The highest BCUT2D eigenvalue weighted by atomic mass is 16.7. The standard InChI is InChI=1S/C21H32O7/c1-13(11-25-4)18-14(2)17(22)19(26-5)21(24,28-18)15(3)20(23)27-12-16-9-7-6-8-10-16/h6-10,13-15,17-19,22,24H,11-12H2,1-5H3/t13-,14-,15+,17-,18-,19+,21+/m0/s1. The fourth-order valence-corrected chi connectivity index (χ4v) is 3.78. The molecule has 1 aliphatic rings. The van der Waals surface area contributed by atoms with Gasteiger partial charge in [-0.3, -0.25) is 4.79 Å². The fourth-order valence-electron chi connectivity index (χ4n) is 3.78. The van der Waals surface area contributed by atoms with Crippen LogP contribution in [0.5, 0.6) is 0 Å². The molecule has 28 heavy (non-hydrogen) atoms. The first kappa shape index (κ1) is 22.8. The molecule has 1 aromatic carbocycles. The van der Waals surface area contributed by atoms with Crippen molar-refractivity contribution in [1.29, 1.82) is 0 Å². The Labute approximate surface area is 166 Å². The number of carbonyl (C=O) groups excluding carboxylic acids is 1. The maximum Gasteiger partial charge on any atom is 0.314 e. The van der Waals surface area contributed by atoms with Crippen molar-refractivity contribution in [1.82, 2.24) is 0 Å². The van der Waals surface area contributed by atoms with Gasteiger partial charge < -0.3 is 29.2 Å². The van der Waals surface area contributed by atoms with E-state index in [1.165, 1.54) is 14.0 Å². The summed E-state index contributed by atoms with van der Waals surface area (Å²) >= 11 is 0. The van der Waals surface area contributed by atoms with Gasteiger partial charge >= 0.3 is 5.97 Å². The van der Waals surface area contributed by atoms with E-state index in [2.05, 4.69) is 0 Å². The van der Waals surface area contributed by atoms with Crippen LogP contribution in [0, 0.1) is 17.8 Å². The van der Waals surface area contributed by atoms with Gasteiger partial charge in [0, 0.05) is 26.1 Å². The summed E-state index contributed by atoms with van der Waals surface area (Å²) < 4.78 is 21.9. The van der Waals surface area contributed by atoms with Crippen LogP contribution in [0.1, 0.15) is 26.3 Å². The van der Waals surface area contributed by atoms with E-state index in [9.17, 15) is 15.0 Å². The van der Waals surface area contributed by atoms with Crippen LogP contribution in [0.2, 0.25) is 0 Å². The zero-order chi connectivity index (χ0) is 20.9. The number of aliphatic hydroxyl groups excluding tert-OH is 1. The average Bonchev–Trinajstić information content (AvgIpc) is 2.69. The molecule has 0 unspecified atom stereocenters. The molecule has 0 radical (unpaired) electrons. The predicted octanol–water partition coefficient (Wildman–Crippen LogP) is 1.75. The van der Waals surface area contributed by atoms with Crippen LogP contribution in [0.4, 0.5) is 0 Å².